The Hall–Kier alpha value is -1.99. The van der Waals surface area contributed by atoms with Crippen LogP contribution in [0.3, 0.4) is 0 Å². The van der Waals surface area contributed by atoms with Crippen LogP contribution in [0.5, 0.6) is 0 Å². The molecule has 0 atom stereocenters. The molecule has 0 aliphatic rings. The highest BCUT2D eigenvalue weighted by Crippen LogP contribution is 2.88. The molecule has 44 heavy (non-hydrogen) atoms. The van der Waals surface area contributed by atoms with Gasteiger partial charge in [-0.05, 0) is 67.1 Å². The van der Waals surface area contributed by atoms with Crippen LogP contribution in [-0.4, -0.2) is 5.14 Å². The van der Waals surface area contributed by atoms with Crippen molar-refractivity contribution in [3.8, 4) is 0 Å². The van der Waals surface area contributed by atoms with E-state index in [1.165, 1.54) is 30.2 Å². The van der Waals surface area contributed by atoms with Gasteiger partial charge in [0.25, 0.3) is 0 Å². The molecule has 0 heterocycles. The molecule has 0 unspecified atom stereocenters. The van der Waals surface area contributed by atoms with E-state index in [1.54, 1.807) is 0 Å². The first kappa shape index (κ1) is 32.0. The van der Waals surface area contributed by atoms with Crippen molar-refractivity contribution in [2.45, 2.75) is 24.7 Å². The van der Waals surface area contributed by atoms with E-state index < -0.39 is 20.6 Å². The van der Waals surface area contributed by atoms with Gasteiger partial charge in [0.1, 0.15) is 0 Å². The van der Waals surface area contributed by atoms with Crippen molar-refractivity contribution >= 4 is 76.7 Å². The summed E-state index contributed by atoms with van der Waals surface area (Å²) in [6, 6.07) is 66.8. The molecule has 0 amide bonds. The van der Waals surface area contributed by atoms with Crippen molar-refractivity contribution in [1.29, 1.82) is 0 Å². The number of benzene rings is 6. The van der Waals surface area contributed by atoms with Crippen LogP contribution in [-0.2, 0) is 0 Å². The minimum absolute atomic E-state index is 0.422. The molecule has 0 nitrogen and oxygen atoms in total. The maximum atomic E-state index is 2.37. The van der Waals surface area contributed by atoms with Crippen molar-refractivity contribution in [2.24, 2.45) is 0 Å². The molecule has 6 aromatic carbocycles. The van der Waals surface area contributed by atoms with Gasteiger partial charge < -0.3 is 0 Å². The molecule has 6 aromatic rings. The van der Waals surface area contributed by atoms with E-state index in [-0.39, 0.29) is 0 Å². The van der Waals surface area contributed by atoms with Crippen LogP contribution in [0.25, 0.3) is 0 Å². The zero-order valence-electron chi connectivity index (χ0n) is 23.9. The van der Waals surface area contributed by atoms with Crippen LogP contribution >= 0.6 is 66.1 Å². The fourth-order valence-corrected chi connectivity index (χ4v) is 33.8. The number of hydrogen-bond acceptors (Lipinski definition) is 4. The van der Waals surface area contributed by atoms with Gasteiger partial charge in [0.2, 0.25) is 0 Å². The first-order valence-electron chi connectivity index (χ1n) is 14.2. The lowest BCUT2D eigenvalue weighted by Gasteiger charge is -2.38. The van der Waals surface area contributed by atoms with Crippen LogP contribution in [0.4, 0.5) is 0 Å². The van der Waals surface area contributed by atoms with Crippen LogP contribution in [0, 0.1) is 0 Å². The van der Waals surface area contributed by atoms with Gasteiger partial charge in [0, 0.05) is 32.2 Å². The van der Waals surface area contributed by atoms with E-state index in [2.05, 4.69) is 228 Å². The lowest BCUT2D eigenvalue weighted by molar-refractivity contribution is 1.47. The van der Waals surface area contributed by atoms with Crippen LogP contribution in [0.2, 0.25) is 0 Å². The third-order valence-electron chi connectivity index (χ3n) is 6.43. The molecule has 0 N–H and O–H groups in total. The summed E-state index contributed by atoms with van der Waals surface area (Å²) < 4.78 is 0. The lowest BCUT2D eigenvalue weighted by Crippen LogP contribution is -2.18. The van der Waals surface area contributed by atoms with Crippen LogP contribution in [0.1, 0.15) is 0 Å². The molecule has 0 fully saturated rings. The summed E-state index contributed by atoms with van der Waals surface area (Å²) in [5.41, 5.74) is 0. The van der Waals surface area contributed by atoms with Gasteiger partial charge in [0.15, 0.2) is 0 Å². The molecule has 0 spiro atoms. The van der Waals surface area contributed by atoms with Gasteiger partial charge in [0.05, 0.1) is 5.14 Å². The maximum Gasteiger partial charge on any atom is 0.0657 e. The van der Waals surface area contributed by atoms with E-state index >= 15 is 0 Å². The lowest BCUT2D eigenvalue weighted by atomic mass is 10.4. The average molecular weight is 697 g/mol. The minimum Gasteiger partial charge on any atom is -0.0857 e. The summed E-state index contributed by atoms with van der Waals surface area (Å²) >= 11 is 8.37. The second-order valence-electron chi connectivity index (χ2n) is 9.58. The smallest absolute Gasteiger partial charge is 0.0657 e. The monoisotopic (exact) mass is 696 g/mol. The topological polar surface area (TPSA) is 0 Å². The molecule has 7 heteroatoms. The van der Waals surface area contributed by atoms with Gasteiger partial charge in [-0.2, -0.15) is 0 Å². The summed E-state index contributed by atoms with van der Waals surface area (Å²) in [6.07, 6.45) is -1.29. The van der Waals surface area contributed by atoms with Gasteiger partial charge in [-0.15, -0.1) is 0 Å². The first-order chi connectivity index (χ1) is 21.8. The highest BCUT2D eigenvalue weighted by Gasteiger charge is 2.40. The fraction of sp³-hybridized carbons (Fsp3) is 0.0270. The Morgan fingerprint density at radius 1 is 0.295 bits per heavy atom. The summed E-state index contributed by atoms with van der Waals surface area (Å²) in [5.74, 6) is 0. The zero-order chi connectivity index (χ0) is 29.8. The number of hydrogen-bond donors (Lipinski definition) is 0. The largest absolute Gasteiger partial charge is 0.0857 e. The quantitative estimate of drug-likeness (QED) is 0.110. The average Bonchev–Trinajstić information content (AvgIpc) is 3.09. The predicted molar refractivity (Wildman–Crippen MR) is 206 cm³/mol. The molecule has 0 aromatic heterocycles. The zero-order valence-corrected chi connectivity index (χ0v) is 29.8. The van der Waals surface area contributed by atoms with Gasteiger partial charge in [-0.1, -0.05) is 179 Å². The normalized spacial score (nSPS) is 11.5. The molecular weight excluding hydrogens is 666 g/mol. The minimum atomic E-state index is -0.704. The third-order valence-corrected chi connectivity index (χ3v) is 29.8. The molecule has 0 aliphatic heterocycles. The Morgan fingerprint density at radius 2 is 0.523 bits per heavy atom. The van der Waals surface area contributed by atoms with Crippen LogP contribution < -0.4 is 10.6 Å². The molecule has 0 saturated carbocycles. The van der Waals surface area contributed by atoms with Gasteiger partial charge in [-0.25, -0.2) is 0 Å². The predicted octanol–water partition coefficient (Wildman–Crippen LogP) is 13.2. The van der Waals surface area contributed by atoms with E-state index in [4.69, 9.17) is 0 Å². The molecule has 0 radical (unpaired) electrons. The Morgan fingerprint density at radius 3 is 0.773 bits per heavy atom. The summed E-state index contributed by atoms with van der Waals surface area (Å²) in [4.78, 5) is 5.36. The summed E-state index contributed by atoms with van der Waals surface area (Å²) in [7, 11) is -0.704. The molecule has 218 valence electrons. The highest BCUT2D eigenvalue weighted by molar-refractivity contribution is 8.96. The van der Waals surface area contributed by atoms with E-state index in [1.807, 2.05) is 0 Å². The standard InChI is InChI=1S/C37H31P3S4/c1-7-19-31(20-8-1)38(32-21-9-2-10-22-32)37(39(41-33-23-11-3-12-24-33)42-34-25-13-4-14-26-34)40(43-35-27-15-5-16-28-35)44-36-29-17-6-18-30-36/h1-30,37H. The number of rotatable bonds is 13. The van der Waals surface area contributed by atoms with E-state index in [9.17, 15) is 0 Å². The van der Waals surface area contributed by atoms with E-state index in [0.717, 1.165) is 0 Å². The maximum absolute atomic E-state index is 2.37. The Bertz CT molecular complexity index is 1450. The highest BCUT2D eigenvalue weighted by atomic mass is 33.1. The molecule has 0 bridgehead atoms. The van der Waals surface area contributed by atoms with Gasteiger partial charge >= 0.3 is 0 Å². The van der Waals surface area contributed by atoms with Crippen LogP contribution in [0.15, 0.2) is 202 Å². The van der Waals surface area contributed by atoms with Crippen molar-refractivity contribution in [3.63, 3.8) is 0 Å². The Labute approximate surface area is 281 Å². The SMILES string of the molecule is c1ccc(SP(Sc2ccccc2)C(P(Sc2ccccc2)Sc2ccccc2)P(c2ccccc2)c2ccccc2)cc1. The van der Waals surface area contributed by atoms with Crippen molar-refractivity contribution in [2.75, 3.05) is 0 Å². The van der Waals surface area contributed by atoms with Crippen molar-refractivity contribution in [1.82, 2.24) is 0 Å². The summed E-state index contributed by atoms with van der Waals surface area (Å²) in [5, 5.41) is 3.32. The molecular formula is C37H31P3S4. The second kappa shape index (κ2) is 17.1. The third kappa shape index (κ3) is 9.05. The molecule has 6 rings (SSSR count). The van der Waals surface area contributed by atoms with Crippen molar-refractivity contribution < 1.29 is 0 Å². The summed E-state index contributed by atoms with van der Waals surface area (Å²) in [6.45, 7) is 0. The Kier molecular flexibility index (Phi) is 12.4. The van der Waals surface area contributed by atoms with Crippen molar-refractivity contribution in [3.05, 3.63) is 182 Å². The second-order valence-corrected chi connectivity index (χ2v) is 26.2. The molecule has 0 aliphatic carbocycles. The fourth-order valence-electron chi connectivity index (χ4n) is 4.43. The Balaban J connectivity index is 1.55. The van der Waals surface area contributed by atoms with Gasteiger partial charge in [-0.3, -0.25) is 0 Å². The van der Waals surface area contributed by atoms with E-state index in [0.29, 0.717) is 5.14 Å². The molecule has 0 saturated heterocycles. The first-order valence-corrected chi connectivity index (χ1v) is 24.2.